The molecule has 0 aromatic carbocycles. The smallest absolute Gasteiger partial charge is 0.275 e. The summed E-state index contributed by atoms with van der Waals surface area (Å²) < 4.78 is 0. The largest absolute Gasteiger partial charge is 0.347 e. The van der Waals surface area contributed by atoms with Crippen LogP contribution in [0.3, 0.4) is 0 Å². The van der Waals surface area contributed by atoms with Crippen LogP contribution in [-0.2, 0) is 4.79 Å². The molecule has 0 spiro atoms. The van der Waals surface area contributed by atoms with Crippen molar-refractivity contribution < 1.29 is 9.59 Å². The third-order valence-electron chi connectivity index (χ3n) is 0.768. The lowest BCUT2D eigenvalue weighted by molar-refractivity contribution is -0.121. The maximum atomic E-state index is 10.4. The van der Waals surface area contributed by atoms with E-state index in [0.29, 0.717) is 6.42 Å². The van der Waals surface area contributed by atoms with Gasteiger partial charge in [0.2, 0.25) is 5.91 Å². The molecule has 6 heteroatoms. The molecule has 6 nitrogen and oxygen atoms in total. The lowest BCUT2D eigenvalue weighted by atomic mass is 10.5. The van der Waals surface area contributed by atoms with Crippen molar-refractivity contribution >= 4 is 11.9 Å². The Labute approximate surface area is 58.1 Å². The first-order valence-corrected chi connectivity index (χ1v) is 2.76. The molecule has 10 heavy (non-hydrogen) atoms. The molecule has 0 bridgehead atoms. The molecule has 0 aliphatic carbocycles. The fourth-order valence-corrected chi connectivity index (χ4v) is 0.251. The van der Waals surface area contributed by atoms with Gasteiger partial charge in [-0.3, -0.25) is 15.6 Å². The van der Waals surface area contributed by atoms with E-state index in [2.05, 4.69) is 11.3 Å². The van der Waals surface area contributed by atoms with Gasteiger partial charge >= 0.3 is 6.03 Å². The summed E-state index contributed by atoms with van der Waals surface area (Å²) in [5.41, 5.74) is 5.89. The second-order valence-corrected chi connectivity index (χ2v) is 1.50. The molecule has 0 unspecified atom stereocenters. The summed E-state index contributed by atoms with van der Waals surface area (Å²) in [4.78, 5) is 20.7. The average Bonchev–Trinajstić information content (AvgIpc) is 1.99. The van der Waals surface area contributed by atoms with Crippen LogP contribution in [0.2, 0.25) is 0 Å². The van der Waals surface area contributed by atoms with Gasteiger partial charge in [0.1, 0.15) is 0 Å². The molecular formula is C4H10N4O2. The van der Waals surface area contributed by atoms with E-state index in [-0.39, 0.29) is 5.91 Å². The summed E-state index contributed by atoms with van der Waals surface area (Å²) in [5, 5.41) is 0. The Hall–Kier alpha value is -1.30. The molecule has 0 aliphatic heterocycles. The zero-order valence-corrected chi connectivity index (χ0v) is 5.60. The summed E-state index contributed by atoms with van der Waals surface area (Å²) in [7, 11) is 0. The van der Waals surface area contributed by atoms with Crippen LogP contribution < -0.4 is 22.1 Å². The van der Waals surface area contributed by atoms with Crippen molar-refractivity contribution in [3.05, 3.63) is 0 Å². The fourth-order valence-electron chi connectivity index (χ4n) is 0.251. The molecule has 0 fully saturated rings. The highest BCUT2D eigenvalue weighted by molar-refractivity contribution is 5.80. The SMILES string of the molecule is CCC(=O)NNC(=O)NN. The maximum absolute atomic E-state index is 10.4. The third kappa shape index (κ3) is 3.67. The summed E-state index contributed by atoms with van der Waals surface area (Å²) in [6.07, 6.45) is 0.310. The van der Waals surface area contributed by atoms with Crippen LogP contribution >= 0.6 is 0 Å². The number of nitrogens with two attached hydrogens (primary N) is 1. The number of hydrogen-bond donors (Lipinski definition) is 4. The Balaban J connectivity index is 3.35. The monoisotopic (exact) mass is 146 g/mol. The molecule has 0 aromatic heterocycles. The summed E-state index contributed by atoms with van der Waals surface area (Å²) in [6.45, 7) is 1.66. The van der Waals surface area contributed by atoms with Crippen molar-refractivity contribution in [1.82, 2.24) is 16.3 Å². The van der Waals surface area contributed by atoms with E-state index in [1.54, 1.807) is 12.3 Å². The lowest BCUT2D eigenvalue weighted by Gasteiger charge is -2.03. The number of hydrogen-bond acceptors (Lipinski definition) is 3. The number of hydrazine groups is 2. The summed E-state index contributed by atoms with van der Waals surface area (Å²) in [6, 6.07) is -0.651. The van der Waals surface area contributed by atoms with Gasteiger partial charge in [0.15, 0.2) is 0 Å². The van der Waals surface area contributed by atoms with Gasteiger partial charge in [-0.1, -0.05) is 6.92 Å². The molecule has 0 heterocycles. The standard InChI is InChI=1S/C4H10N4O2/c1-2-3(9)7-8-4(10)6-5/h2,5H2,1H3,(H,7,9)(H2,6,8,10). The normalized spacial score (nSPS) is 8.20. The van der Waals surface area contributed by atoms with Crippen LogP contribution in [0.1, 0.15) is 13.3 Å². The van der Waals surface area contributed by atoms with Gasteiger partial charge in [0, 0.05) is 6.42 Å². The van der Waals surface area contributed by atoms with Gasteiger partial charge in [-0.2, -0.15) is 0 Å². The minimum atomic E-state index is -0.651. The Morgan fingerprint density at radius 2 is 2.00 bits per heavy atom. The van der Waals surface area contributed by atoms with Crippen molar-refractivity contribution in [2.45, 2.75) is 13.3 Å². The summed E-state index contributed by atoms with van der Waals surface area (Å²) >= 11 is 0. The van der Waals surface area contributed by atoms with E-state index in [4.69, 9.17) is 0 Å². The van der Waals surface area contributed by atoms with Gasteiger partial charge in [-0.05, 0) is 0 Å². The lowest BCUT2D eigenvalue weighted by Crippen LogP contribution is -2.48. The van der Waals surface area contributed by atoms with Crippen molar-refractivity contribution in [3.63, 3.8) is 0 Å². The van der Waals surface area contributed by atoms with Crippen molar-refractivity contribution in [1.29, 1.82) is 0 Å². The number of carbonyl (C=O) groups is 2. The first-order chi connectivity index (χ1) is 4.70. The van der Waals surface area contributed by atoms with Gasteiger partial charge in [0.05, 0.1) is 0 Å². The molecule has 0 aliphatic rings. The van der Waals surface area contributed by atoms with Crippen molar-refractivity contribution in [3.8, 4) is 0 Å². The van der Waals surface area contributed by atoms with Crippen LogP contribution in [0.5, 0.6) is 0 Å². The minimum Gasteiger partial charge on any atom is -0.275 e. The molecule has 3 amide bonds. The van der Waals surface area contributed by atoms with Crippen LogP contribution in [0.25, 0.3) is 0 Å². The predicted octanol–water partition coefficient (Wildman–Crippen LogP) is -1.40. The molecule has 58 valence electrons. The Morgan fingerprint density at radius 1 is 1.40 bits per heavy atom. The van der Waals surface area contributed by atoms with Gasteiger partial charge < -0.3 is 0 Å². The van der Waals surface area contributed by atoms with Crippen LogP contribution in [-0.4, -0.2) is 11.9 Å². The van der Waals surface area contributed by atoms with Crippen molar-refractivity contribution in [2.75, 3.05) is 0 Å². The Morgan fingerprint density at radius 3 is 2.40 bits per heavy atom. The molecule has 0 atom stereocenters. The zero-order valence-electron chi connectivity index (χ0n) is 5.60. The van der Waals surface area contributed by atoms with Crippen LogP contribution in [0, 0.1) is 0 Å². The molecule has 0 radical (unpaired) electrons. The van der Waals surface area contributed by atoms with Crippen LogP contribution in [0.4, 0.5) is 4.79 Å². The highest BCUT2D eigenvalue weighted by Gasteiger charge is 1.97. The number of rotatable bonds is 1. The van der Waals surface area contributed by atoms with Crippen molar-refractivity contribution in [2.24, 2.45) is 5.84 Å². The van der Waals surface area contributed by atoms with E-state index in [1.165, 1.54) is 0 Å². The van der Waals surface area contributed by atoms with E-state index >= 15 is 0 Å². The molecular weight excluding hydrogens is 136 g/mol. The van der Waals surface area contributed by atoms with Gasteiger partial charge in [-0.25, -0.2) is 16.1 Å². The number of amides is 3. The number of urea groups is 1. The average molecular weight is 146 g/mol. The maximum Gasteiger partial charge on any atom is 0.347 e. The van der Waals surface area contributed by atoms with Gasteiger partial charge in [-0.15, -0.1) is 0 Å². The second-order valence-electron chi connectivity index (χ2n) is 1.50. The first kappa shape index (κ1) is 8.70. The topological polar surface area (TPSA) is 96.2 Å². The zero-order chi connectivity index (χ0) is 7.98. The highest BCUT2D eigenvalue weighted by atomic mass is 16.2. The fraction of sp³-hybridized carbons (Fsp3) is 0.500. The molecule has 0 saturated heterocycles. The summed E-state index contributed by atoms with van der Waals surface area (Å²) in [5.74, 6) is 4.41. The van der Waals surface area contributed by atoms with E-state index in [1.807, 2.05) is 5.43 Å². The van der Waals surface area contributed by atoms with E-state index in [9.17, 15) is 9.59 Å². The quantitative estimate of drug-likeness (QED) is 0.208. The van der Waals surface area contributed by atoms with Gasteiger partial charge in [0.25, 0.3) is 0 Å². The Kier molecular flexibility index (Phi) is 3.97. The minimum absolute atomic E-state index is 0.274. The molecule has 5 N–H and O–H groups in total. The number of nitrogens with one attached hydrogen (secondary N) is 3. The molecule has 0 saturated carbocycles. The Bertz CT molecular complexity index is 119. The molecule has 0 aromatic rings. The second kappa shape index (κ2) is 4.57. The van der Waals surface area contributed by atoms with E-state index in [0.717, 1.165) is 0 Å². The van der Waals surface area contributed by atoms with E-state index < -0.39 is 6.03 Å². The third-order valence-corrected chi connectivity index (χ3v) is 0.768. The first-order valence-electron chi connectivity index (χ1n) is 2.76. The predicted molar refractivity (Wildman–Crippen MR) is 34.3 cm³/mol. The highest BCUT2D eigenvalue weighted by Crippen LogP contribution is 1.69. The molecule has 0 rings (SSSR count). The van der Waals surface area contributed by atoms with Crippen LogP contribution in [0.15, 0.2) is 0 Å². The number of carbonyl (C=O) groups excluding carboxylic acids is 2.